The molecule has 0 bridgehead atoms. The van der Waals surface area contributed by atoms with Crippen LogP contribution in [-0.2, 0) is 4.74 Å². The van der Waals surface area contributed by atoms with Crippen LogP contribution in [0, 0.1) is 0 Å². The van der Waals surface area contributed by atoms with E-state index in [1.807, 2.05) is 30.3 Å². The van der Waals surface area contributed by atoms with Crippen molar-refractivity contribution < 1.29 is 9.84 Å². The monoisotopic (exact) mass is 308 g/mol. The van der Waals surface area contributed by atoms with Gasteiger partial charge in [0.05, 0.1) is 19.3 Å². The molecule has 0 radical (unpaired) electrons. The fourth-order valence-electron chi connectivity index (χ4n) is 2.08. The van der Waals surface area contributed by atoms with Crippen LogP contribution in [-0.4, -0.2) is 48.9 Å². The number of hydrogen-bond donors (Lipinski definition) is 2. The van der Waals surface area contributed by atoms with Crippen molar-refractivity contribution >= 4 is 24.8 Å². The Kier molecular flexibility index (Phi) is 9.35. The summed E-state index contributed by atoms with van der Waals surface area (Å²) in [5.74, 6) is 0. The standard InChI is InChI=1S/C13H20N2O2.2ClH/c14-12(10-15-6-8-17-9-7-15)13(16)11-4-2-1-3-5-11;;/h1-5,12-13,16H,6-10,14H2;2*1H. The third-order valence-corrected chi connectivity index (χ3v) is 3.12. The van der Waals surface area contributed by atoms with E-state index in [-0.39, 0.29) is 30.9 Å². The Balaban J connectivity index is 0.00000162. The SMILES string of the molecule is Cl.Cl.NC(CN1CCOCC1)C(O)c1ccccc1. The van der Waals surface area contributed by atoms with E-state index < -0.39 is 6.10 Å². The summed E-state index contributed by atoms with van der Waals surface area (Å²) in [6.45, 7) is 4.02. The number of halogens is 2. The fourth-order valence-corrected chi connectivity index (χ4v) is 2.08. The van der Waals surface area contributed by atoms with E-state index in [1.165, 1.54) is 0 Å². The minimum absolute atomic E-state index is 0. The summed E-state index contributed by atoms with van der Waals surface area (Å²) in [5.41, 5.74) is 6.93. The second-order valence-corrected chi connectivity index (χ2v) is 4.43. The van der Waals surface area contributed by atoms with Crippen molar-refractivity contribution in [3.8, 4) is 0 Å². The molecular formula is C13H22Cl2N2O2. The molecule has 19 heavy (non-hydrogen) atoms. The summed E-state index contributed by atoms with van der Waals surface area (Å²) >= 11 is 0. The number of aliphatic hydroxyl groups excluding tert-OH is 1. The lowest BCUT2D eigenvalue weighted by Gasteiger charge is -2.30. The molecule has 2 atom stereocenters. The van der Waals surface area contributed by atoms with Gasteiger partial charge in [0.15, 0.2) is 0 Å². The van der Waals surface area contributed by atoms with Gasteiger partial charge < -0.3 is 15.6 Å². The smallest absolute Gasteiger partial charge is 0.0953 e. The second-order valence-electron chi connectivity index (χ2n) is 4.43. The molecule has 1 aliphatic rings. The van der Waals surface area contributed by atoms with Crippen molar-refractivity contribution in [1.82, 2.24) is 4.90 Å². The topological polar surface area (TPSA) is 58.7 Å². The highest BCUT2D eigenvalue weighted by Gasteiger charge is 2.20. The molecule has 4 nitrogen and oxygen atoms in total. The van der Waals surface area contributed by atoms with Gasteiger partial charge in [0.25, 0.3) is 0 Å². The molecule has 0 aromatic heterocycles. The third kappa shape index (κ3) is 5.65. The van der Waals surface area contributed by atoms with Crippen LogP contribution in [0.15, 0.2) is 30.3 Å². The summed E-state index contributed by atoms with van der Waals surface area (Å²) in [7, 11) is 0. The maximum atomic E-state index is 10.1. The molecule has 110 valence electrons. The maximum absolute atomic E-state index is 10.1. The van der Waals surface area contributed by atoms with E-state index >= 15 is 0 Å². The van der Waals surface area contributed by atoms with Crippen LogP contribution in [0.25, 0.3) is 0 Å². The lowest BCUT2D eigenvalue weighted by molar-refractivity contribution is 0.0249. The van der Waals surface area contributed by atoms with Gasteiger partial charge >= 0.3 is 0 Å². The molecule has 0 spiro atoms. The third-order valence-electron chi connectivity index (χ3n) is 3.12. The van der Waals surface area contributed by atoms with Crippen molar-refractivity contribution in [2.45, 2.75) is 12.1 Å². The highest BCUT2D eigenvalue weighted by atomic mass is 35.5. The molecule has 1 aliphatic heterocycles. The van der Waals surface area contributed by atoms with Crippen LogP contribution in [0.2, 0.25) is 0 Å². The molecule has 2 rings (SSSR count). The van der Waals surface area contributed by atoms with Crippen LogP contribution in [0.1, 0.15) is 11.7 Å². The molecule has 2 unspecified atom stereocenters. The normalized spacial score (nSPS) is 18.8. The molecule has 3 N–H and O–H groups in total. The molecule has 1 heterocycles. The Bertz CT molecular complexity index is 335. The van der Waals surface area contributed by atoms with Gasteiger partial charge in [-0.25, -0.2) is 0 Å². The molecule has 1 fully saturated rings. The number of hydrogen-bond acceptors (Lipinski definition) is 4. The van der Waals surface area contributed by atoms with Gasteiger partial charge in [-0.15, -0.1) is 24.8 Å². The first-order valence-electron chi connectivity index (χ1n) is 6.06. The van der Waals surface area contributed by atoms with E-state index in [0.717, 1.165) is 31.9 Å². The number of benzene rings is 1. The molecule has 6 heteroatoms. The number of nitrogens with two attached hydrogens (primary N) is 1. The Morgan fingerprint density at radius 1 is 1.16 bits per heavy atom. The summed E-state index contributed by atoms with van der Waals surface area (Å²) in [4.78, 5) is 2.24. The molecule has 0 aliphatic carbocycles. The first-order chi connectivity index (χ1) is 8.27. The average Bonchev–Trinajstić information content (AvgIpc) is 2.40. The highest BCUT2D eigenvalue weighted by Crippen LogP contribution is 2.16. The quantitative estimate of drug-likeness (QED) is 0.878. The molecule has 1 saturated heterocycles. The van der Waals surface area contributed by atoms with E-state index in [1.54, 1.807) is 0 Å². The van der Waals surface area contributed by atoms with Crippen molar-refractivity contribution in [1.29, 1.82) is 0 Å². The maximum Gasteiger partial charge on any atom is 0.0953 e. The number of morpholine rings is 1. The Labute approximate surface area is 126 Å². The van der Waals surface area contributed by atoms with Crippen LogP contribution >= 0.6 is 24.8 Å². The zero-order valence-corrected chi connectivity index (χ0v) is 12.4. The van der Waals surface area contributed by atoms with Crippen LogP contribution in [0.4, 0.5) is 0 Å². The van der Waals surface area contributed by atoms with Crippen LogP contribution in [0.5, 0.6) is 0 Å². The van der Waals surface area contributed by atoms with E-state index in [9.17, 15) is 5.11 Å². The van der Waals surface area contributed by atoms with Gasteiger partial charge in [0.2, 0.25) is 0 Å². The first kappa shape index (κ1) is 18.6. The van der Waals surface area contributed by atoms with Gasteiger partial charge in [-0.05, 0) is 5.56 Å². The molecule has 0 saturated carbocycles. The molecule has 1 aromatic carbocycles. The van der Waals surface area contributed by atoms with Crippen molar-refractivity contribution in [2.24, 2.45) is 5.73 Å². The Hall–Kier alpha value is -0.360. The average molecular weight is 309 g/mol. The summed E-state index contributed by atoms with van der Waals surface area (Å²) in [6.07, 6.45) is -0.598. The zero-order chi connectivity index (χ0) is 12.1. The van der Waals surface area contributed by atoms with Gasteiger partial charge in [0, 0.05) is 25.7 Å². The van der Waals surface area contributed by atoms with E-state index in [2.05, 4.69) is 4.90 Å². The predicted octanol–water partition coefficient (Wildman–Crippen LogP) is 1.22. The van der Waals surface area contributed by atoms with Gasteiger partial charge in [-0.2, -0.15) is 0 Å². The summed E-state index contributed by atoms with van der Waals surface area (Å²) < 4.78 is 5.28. The second kappa shape index (κ2) is 9.53. The van der Waals surface area contributed by atoms with Crippen molar-refractivity contribution in [3.63, 3.8) is 0 Å². The minimum atomic E-state index is -0.598. The molecule has 0 amide bonds. The van der Waals surface area contributed by atoms with Gasteiger partial charge in [-0.3, -0.25) is 4.90 Å². The van der Waals surface area contributed by atoms with Crippen molar-refractivity contribution in [3.05, 3.63) is 35.9 Å². The summed E-state index contributed by atoms with van der Waals surface area (Å²) in [5, 5.41) is 10.1. The fraction of sp³-hybridized carbons (Fsp3) is 0.538. The Morgan fingerprint density at radius 2 is 1.74 bits per heavy atom. The number of rotatable bonds is 4. The zero-order valence-electron chi connectivity index (χ0n) is 10.8. The van der Waals surface area contributed by atoms with Gasteiger partial charge in [-0.1, -0.05) is 30.3 Å². The van der Waals surface area contributed by atoms with E-state index in [4.69, 9.17) is 10.5 Å². The number of aliphatic hydroxyl groups is 1. The Morgan fingerprint density at radius 3 is 2.32 bits per heavy atom. The number of ether oxygens (including phenoxy) is 1. The summed E-state index contributed by atoms with van der Waals surface area (Å²) in [6, 6.07) is 9.33. The van der Waals surface area contributed by atoms with Crippen LogP contribution in [0.3, 0.4) is 0 Å². The van der Waals surface area contributed by atoms with E-state index in [0.29, 0.717) is 6.54 Å². The van der Waals surface area contributed by atoms with Crippen LogP contribution < -0.4 is 5.73 Å². The van der Waals surface area contributed by atoms with Gasteiger partial charge in [0.1, 0.15) is 0 Å². The lowest BCUT2D eigenvalue weighted by Crippen LogP contribution is -2.45. The molecular weight excluding hydrogens is 287 g/mol. The lowest BCUT2D eigenvalue weighted by atomic mass is 10.0. The number of nitrogens with zero attached hydrogens (tertiary/aromatic N) is 1. The predicted molar refractivity (Wildman–Crippen MR) is 81.1 cm³/mol. The first-order valence-corrected chi connectivity index (χ1v) is 6.06. The van der Waals surface area contributed by atoms with Crippen molar-refractivity contribution in [2.75, 3.05) is 32.8 Å². The molecule has 1 aromatic rings. The highest BCUT2D eigenvalue weighted by molar-refractivity contribution is 5.85. The minimum Gasteiger partial charge on any atom is -0.387 e. The largest absolute Gasteiger partial charge is 0.387 e.